The minimum absolute atomic E-state index is 0.0750. The Kier molecular flexibility index (Phi) is 16.0. The molecule has 0 atom stereocenters. The van der Waals surface area contributed by atoms with Crippen molar-refractivity contribution in [3.05, 3.63) is 69.8 Å². The van der Waals surface area contributed by atoms with Crippen molar-refractivity contribution in [2.75, 3.05) is 117 Å². The molecule has 52 heavy (non-hydrogen) atoms. The van der Waals surface area contributed by atoms with E-state index in [0.29, 0.717) is 129 Å². The molecule has 5 rings (SSSR count). The summed E-state index contributed by atoms with van der Waals surface area (Å²) in [5.74, 6) is 0.319. The van der Waals surface area contributed by atoms with Crippen LogP contribution in [0.25, 0.3) is 10.9 Å². The topological polar surface area (TPSA) is 137 Å². The van der Waals surface area contributed by atoms with E-state index in [1.807, 2.05) is 48.2 Å². The maximum atomic E-state index is 13.8. The molecular weight excluding hydrogens is 668 g/mol. The molecule has 3 heterocycles. The Balaban J connectivity index is 1.18. The van der Waals surface area contributed by atoms with E-state index < -0.39 is 0 Å². The first kappa shape index (κ1) is 39.4. The van der Waals surface area contributed by atoms with Crippen LogP contribution in [0, 0.1) is 6.92 Å². The second-order valence-electron chi connectivity index (χ2n) is 12.9. The summed E-state index contributed by atoms with van der Waals surface area (Å²) in [6, 6.07) is 13.4. The maximum absolute atomic E-state index is 13.8. The van der Waals surface area contributed by atoms with Crippen LogP contribution in [0.1, 0.15) is 23.9 Å². The standard InChI is InChI=1S/C38H54N6O8/c1-3-31-8-4-5-10-33(31)39-35(45)28-42-13-19-51-25-23-49-17-11-41(12-18-50-24-26-52-20-14-42)27-34-40-37-30(2)7-6-9-32(37)38(47)44(34)29-36(46)43-15-21-48-22-16-43/h4-10H,3,11-29H2,1-2H3,(H,39,45). The first-order chi connectivity index (χ1) is 25.4. The molecule has 2 aliphatic heterocycles. The van der Waals surface area contributed by atoms with E-state index in [1.165, 1.54) is 4.57 Å². The SMILES string of the molecule is CCc1ccccc1NC(=O)CN1CCOCCOCCN(Cc2nc3c(C)cccc3c(=O)n2CC(=O)N2CCOCC2)CCOCCOCC1. The van der Waals surface area contributed by atoms with E-state index >= 15 is 0 Å². The summed E-state index contributed by atoms with van der Waals surface area (Å²) in [6.45, 7) is 12.1. The van der Waals surface area contributed by atoms with Gasteiger partial charge < -0.3 is 33.9 Å². The molecule has 1 N–H and O–H groups in total. The van der Waals surface area contributed by atoms with Crippen molar-refractivity contribution in [3.8, 4) is 0 Å². The number of carbonyl (C=O) groups is 2. The van der Waals surface area contributed by atoms with Gasteiger partial charge in [0.2, 0.25) is 11.8 Å². The predicted octanol–water partition coefficient (Wildman–Crippen LogP) is 1.95. The fraction of sp³-hybridized carbons (Fsp3) is 0.579. The molecule has 2 aliphatic rings. The van der Waals surface area contributed by atoms with Gasteiger partial charge in [-0.05, 0) is 36.6 Å². The third-order valence-corrected chi connectivity index (χ3v) is 9.28. The Hall–Kier alpha value is -3.76. The van der Waals surface area contributed by atoms with E-state index in [4.69, 9.17) is 28.7 Å². The Labute approximate surface area is 305 Å². The number of para-hydroxylation sites is 2. The van der Waals surface area contributed by atoms with Crippen LogP contribution in [0.15, 0.2) is 47.3 Å². The summed E-state index contributed by atoms with van der Waals surface area (Å²) >= 11 is 0. The summed E-state index contributed by atoms with van der Waals surface area (Å²) in [5, 5.41) is 3.54. The zero-order valence-electron chi connectivity index (χ0n) is 30.7. The van der Waals surface area contributed by atoms with Gasteiger partial charge in [0.1, 0.15) is 12.4 Å². The third kappa shape index (κ3) is 11.9. The molecule has 284 valence electrons. The lowest BCUT2D eigenvalue weighted by Gasteiger charge is -2.28. The highest BCUT2D eigenvalue weighted by Gasteiger charge is 2.22. The number of morpholine rings is 1. The number of anilines is 1. The minimum Gasteiger partial charge on any atom is -0.378 e. The molecule has 0 unspecified atom stereocenters. The highest BCUT2D eigenvalue weighted by Crippen LogP contribution is 2.16. The molecule has 0 aliphatic carbocycles. The molecular formula is C38H54N6O8. The van der Waals surface area contributed by atoms with Crippen molar-refractivity contribution in [1.82, 2.24) is 24.3 Å². The van der Waals surface area contributed by atoms with Crippen LogP contribution in [-0.2, 0) is 52.8 Å². The molecule has 3 aromatic rings. The monoisotopic (exact) mass is 722 g/mol. The minimum atomic E-state index is -0.227. The number of ether oxygens (including phenoxy) is 5. The maximum Gasteiger partial charge on any atom is 0.261 e. The van der Waals surface area contributed by atoms with Gasteiger partial charge in [-0.1, -0.05) is 37.3 Å². The molecule has 2 saturated heterocycles. The molecule has 2 fully saturated rings. The molecule has 0 spiro atoms. The lowest BCUT2D eigenvalue weighted by atomic mass is 10.1. The summed E-state index contributed by atoms with van der Waals surface area (Å²) in [7, 11) is 0. The fourth-order valence-corrected chi connectivity index (χ4v) is 6.27. The van der Waals surface area contributed by atoms with Gasteiger partial charge in [0, 0.05) is 45.0 Å². The van der Waals surface area contributed by atoms with E-state index in [9.17, 15) is 14.4 Å². The van der Waals surface area contributed by atoms with Crippen LogP contribution in [0.2, 0.25) is 0 Å². The normalized spacial score (nSPS) is 18.5. The van der Waals surface area contributed by atoms with Gasteiger partial charge in [-0.3, -0.25) is 28.8 Å². The van der Waals surface area contributed by atoms with Crippen LogP contribution in [0.3, 0.4) is 0 Å². The molecule has 14 nitrogen and oxygen atoms in total. The highest BCUT2D eigenvalue weighted by molar-refractivity contribution is 5.93. The lowest BCUT2D eigenvalue weighted by Crippen LogP contribution is -2.44. The van der Waals surface area contributed by atoms with E-state index in [-0.39, 0.29) is 30.5 Å². The first-order valence-corrected chi connectivity index (χ1v) is 18.4. The van der Waals surface area contributed by atoms with Crippen molar-refractivity contribution >= 4 is 28.4 Å². The van der Waals surface area contributed by atoms with Crippen LogP contribution < -0.4 is 10.9 Å². The second-order valence-corrected chi connectivity index (χ2v) is 12.9. The number of aryl methyl sites for hydroxylation is 2. The number of fused-ring (bicyclic) bond motifs is 1. The van der Waals surface area contributed by atoms with Crippen LogP contribution >= 0.6 is 0 Å². The molecule has 0 bridgehead atoms. The number of nitrogens with one attached hydrogen (secondary N) is 1. The Morgan fingerprint density at radius 3 is 1.92 bits per heavy atom. The van der Waals surface area contributed by atoms with Gasteiger partial charge in [0.15, 0.2) is 0 Å². The van der Waals surface area contributed by atoms with Crippen molar-refractivity contribution in [3.63, 3.8) is 0 Å². The number of nitrogens with zero attached hydrogens (tertiary/aromatic N) is 5. The average Bonchev–Trinajstić information content (AvgIpc) is 3.15. The molecule has 1 aromatic heterocycles. The number of aromatic nitrogens is 2. The Morgan fingerprint density at radius 2 is 1.29 bits per heavy atom. The Bertz CT molecular complexity index is 1630. The van der Waals surface area contributed by atoms with Gasteiger partial charge in [-0.15, -0.1) is 0 Å². The molecule has 2 aromatic carbocycles. The number of amides is 2. The van der Waals surface area contributed by atoms with E-state index in [1.54, 1.807) is 11.0 Å². The number of hydrogen-bond donors (Lipinski definition) is 1. The van der Waals surface area contributed by atoms with E-state index in [2.05, 4.69) is 17.1 Å². The van der Waals surface area contributed by atoms with Gasteiger partial charge >= 0.3 is 0 Å². The summed E-state index contributed by atoms with van der Waals surface area (Å²) in [6.07, 6.45) is 0.839. The number of carbonyl (C=O) groups excluding carboxylic acids is 2. The molecule has 0 saturated carbocycles. The first-order valence-electron chi connectivity index (χ1n) is 18.4. The Morgan fingerprint density at radius 1 is 0.712 bits per heavy atom. The quantitative estimate of drug-likeness (QED) is 0.366. The molecule has 2 amide bonds. The van der Waals surface area contributed by atoms with Crippen LogP contribution in [0.4, 0.5) is 5.69 Å². The third-order valence-electron chi connectivity index (χ3n) is 9.28. The smallest absolute Gasteiger partial charge is 0.261 e. The molecule has 0 radical (unpaired) electrons. The fourth-order valence-electron chi connectivity index (χ4n) is 6.27. The zero-order valence-corrected chi connectivity index (χ0v) is 30.7. The summed E-state index contributed by atoms with van der Waals surface area (Å²) in [5.41, 5.74) is 3.25. The number of benzene rings is 2. The van der Waals surface area contributed by atoms with Crippen molar-refractivity contribution < 1.29 is 33.3 Å². The number of hydrogen-bond acceptors (Lipinski definition) is 11. The van der Waals surface area contributed by atoms with Gasteiger partial charge in [0.05, 0.1) is 90.1 Å². The van der Waals surface area contributed by atoms with Crippen molar-refractivity contribution in [2.24, 2.45) is 0 Å². The van der Waals surface area contributed by atoms with Crippen molar-refractivity contribution in [2.45, 2.75) is 33.4 Å². The summed E-state index contributed by atoms with van der Waals surface area (Å²) < 4.78 is 30.6. The van der Waals surface area contributed by atoms with Gasteiger partial charge in [0.25, 0.3) is 5.56 Å². The highest BCUT2D eigenvalue weighted by atomic mass is 16.5. The van der Waals surface area contributed by atoms with Crippen LogP contribution in [0.5, 0.6) is 0 Å². The van der Waals surface area contributed by atoms with E-state index in [0.717, 1.165) is 23.2 Å². The van der Waals surface area contributed by atoms with Gasteiger partial charge in [-0.25, -0.2) is 4.98 Å². The zero-order chi connectivity index (χ0) is 36.5. The lowest BCUT2D eigenvalue weighted by molar-refractivity contribution is -0.136. The largest absolute Gasteiger partial charge is 0.378 e. The van der Waals surface area contributed by atoms with Crippen molar-refractivity contribution in [1.29, 1.82) is 0 Å². The van der Waals surface area contributed by atoms with Crippen LogP contribution in [-0.4, -0.2) is 148 Å². The second kappa shape index (κ2) is 21.1. The van der Waals surface area contributed by atoms with Gasteiger partial charge in [-0.2, -0.15) is 0 Å². The molecule has 14 heteroatoms. The number of rotatable bonds is 8. The summed E-state index contributed by atoms with van der Waals surface area (Å²) in [4.78, 5) is 50.9. The predicted molar refractivity (Wildman–Crippen MR) is 198 cm³/mol. The average molecular weight is 723 g/mol.